The van der Waals surface area contributed by atoms with Crippen LogP contribution in [0, 0.1) is 0 Å². The molecule has 4 nitrogen and oxygen atoms in total. The number of rotatable bonds is 2. The standard InChI is InChI=1S/C6H6O4S.Ca.2H/c7-10-11(8,9)6-4-2-1-3-5-6;;;/h1-5,7H;;;/q;+2;2*-1. The molecule has 0 saturated heterocycles. The molecule has 0 aliphatic heterocycles. The van der Waals surface area contributed by atoms with Crippen LogP contribution in [0.2, 0.25) is 0 Å². The van der Waals surface area contributed by atoms with Gasteiger partial charge in [-0.05, 0) is 12.1 Å². The maximum atomic E-state index is 10.7. The van der Waals surface area contributed by atoms with E-state index in [1.165, 1.54) is 24.3 Å². The second-order valence-electron chi connectivity index (χ2n) is 1.84. The van der Waals surface area contributed by atoms with Crippen molar-refractivity contribution in [1.29, 1.82) is 0 Å². The molecule has 0 fully saturated rings. The first-order chi connectivity index (χ1) is 5.17. The van der Waals surface area contributed by atoms with E-state index in [1.54, 1.807) is 6.07 Å². The molecule has 0 aliphatic carbocycles. The second-order valence-corrected chi connectivity index (χ2v) is 3.37. The maximum absolute atomic E-state index is 10.7. The van der Waals surface area contributed by atoms with E-state index in [4.69, 9.17) is 5.26 Å². The van der Waals surface area contributed by atoms with Crippen molar-refractivity contribution in [3.63, 3.8) is 0 Å². The zero-order chi connectivity index (χ0) is 8.32. The van der Waals surface area contributed by atoms with Crippen molar-refractivity contribution in [3.8, 4) is 0 Å². The Bertz CT molecular complexity index is 329. The molecule has 12 heavy (non-hydrogen) atoms. The first kappa shape index (κ1) is 12.3. The fourth-order valence-electron chi connectivity index (χ4n) is 0.630. The summed E-state index contributed by atoms with van der Waals surface area (Å²) in [6.45, 7) is 0. The number of benzene rings is 1. The van der Waals surface area contributed by atoms with Crippen molar-refractivity contribution in [2.45, 2.75) is 4.90 Å². The van der Waals surface area contributed by atoms with Crippen LogP contribution in [0.25, 0.3) is 0 Å². The van der Waals surface area contributed by atoms with Crippen LogP contribution in [0.5, 0.6) is 0 Å². The molecule has 1 aromatic carbocycles. The summed E-state index contributed by atoms with van der Waals surface area (Å²) >= 11 is 0. The van der Waals surface area contributed by atoms with Crippen molar-refractivity contribution in [2.24, 2.45) is 0 Å². The van der Waals surface area contributed by atoms with Gasteiger partial charge in [-0.15, -0.1) is 4.33 Å². The molecule has 0 bridgehead atoms. The van der Waals surface area contributed by atoms with Gasteiger partial charge in [0.2, 0.25) is 0 Å². The smallest absolute Gasteiger partial charge is 1.00 e. The first-order valence-electron chi connectivity index (χ1n) is 2.80. The molecular weight excluding hydrogens is 208 g/mol. The number of hydrogen-bond acceptors (Lipinski definition) is 4. The zero-order valence-electron chi connectivity index (χ0n) is 8.17. The van der Waals surface area contributed by atoms with E-state index in [2.05, 4.69) is 4.33 Å². The van der Waals surface area contributed by atoms with E-state index >= 15 is 0 Å². The Morgan fingerprint density at radius 1 is 1.25 bits per heavy atom. The van der Waals surface area contributed by atoms with E-state index in [0.717, 1.165) is 0 Å². The molecular formula is C6H8CaO4S. The summed E-state index contributed by atoms with van der Waals surface area (Å²) in [5.74, 6) is 0. The van der Waals surface area contributed by atoms with E-state index in [-0.39, 0.29) is 45.5 Å². The summed E-state index contributed by atoms with van der Waals surface area (Å²) in [5.41, 5.74) is 0. The van der Waals surface area contributed by atoms with Crippen LogP contribution in [0.15, 0.2) is 35.2 Å². The molecule has 1 aromatic rings. The van der Waals surface area contributed by atoms with Gasteiger partial charge >= 0.3 is 47.9 Å². The third-order valence-corrected chi connectivity index (χ3v) is 2.18. The summed E-state index contributed by atoms with van der Waals surface area (Å²) in [5, 5.41) is 7.96. The average Bonchev–Trinajstić information content (AvgIpc) is 2.06. The van der Waals surface area contributed by atoms with Crippen LogP contribution in [0.4, 0.5) is 0 Å². The van der Waals surface area contributed by atoms with Crippen molar-refractivity contribution >= 4 is 47.9 Å². The largest absolute Gasteiger partial charge is 2.00 e. The van der Waals surface area contributed by atoms with Gasteiger partial charge in [0.1, 0.15) is 0 Å². The molecule has 6 heteroatoms. The van der Waals surface area contributed by atoms with Crippen molar-refractivity contribution in [2.75, 3.05) is 0 Å². The molecule has 0 amide bonds. The molecule has 1 rings (SSSR count). The van der Waals surface area contributed by atoms with E-state index in [9.17, 15) is 8.42 Å². The molecule has 0 spiro atoms. The normalized spacial score (nSPS) is 10.4. The molecule has 64 valence electrons. The van der Waals surface area contributed by atoms with Gasteiger partial charge in [-0.2, -0.15) is 8.42 Å². The van der Waals surface area contributed by atoms with Crippen molar-refractivity contribution < 1.29 is 20.9 Å². The second kappa shape index (κ2) is 5.16. The van der Waals surface area contributed by atoms with Crippen LogP contribution in [-0.2, 0) is 14.5 Å². The molecule has 0 aromatic heterocycles. The topological polar surface area (TPSA) is 63.6 Å². The van der Waals surface area contributed by atoms with Gasteiger partial charge in [0.15, 0.2) is 0 Å². The minimum Gasteiger partial charge on any atom is -1.00 e. The molecule has 0 saturated carbocycles. The first-order valence-corrected chi connectivity index (χ1v) is 4.21. The fourth-order valence-corrected chi connectivity index (χ4v) is 1.21. The van der Waals surface area contributed by atoms with Gasteiger partial charge in [0.05, 0.1) is 4.90 Å². The quantitative estimate of drug-likeness (QED) is 0.449. The molecule has 0 heterocycles. The maximum Gasteiger partial charge on any atom is 2.00 e. The Kier molecular flexibility index (Phi) is 5.31. The summed E-state index contributed by atoms with van der Waals surface area (Å²) in [6, 6.07) is 7.38. The van der Waals surface area contributed by atoms with Gasteiger partial charge in [0, 0.05) is 0 Å². The third kappa shape index (κ3) is 3.01. The SMILES string of the molecule is O=S(=O)(OO)c1ccccc1.[Ca+2].[H-].[H-]. The van der Waals surface area contributed by atoms with Gasteiger partial charge in [-0.3, -0.25) is 0 Å². The summed E-state index contributed by atoms with van der Waals surface area (Å²) in [4.78, 5) is -0.0671. The summed E-state index contributed by atoms with van der Waals surface area (Å²) in [7, 11) is -3.94. The van der Waals surface area contributed by atoms with Crippen LogP contribution in [0.1, 0.15) is 2.85 Å². The summed E-state index contributed by atoms with van der Waals surface area (Å²) < 4.78 is 24.8. The number of hydrogen-bond donors (Lipinski definition) is 1. The Hall–Kier alpha value is 0.350. The molecule has 1 N–H and O–H groups in total. The van der Waals surface area contributed by atoms with Crippen LogP contribution in [-0.4, -0.2) is 51.4 Å². The predicted molar refractivity (Wildman–Crippen MR) is 45.3 cm³/mol. The summed E-state index contributed by atoms with van der Waals surface area (Å²) in [6.07, 6.45) is 0. The average molecular weight is 216 g/mol. The van der Waals surface area contributed by atoms with Gasteiger partial charge in [0.25, 0.3) is 0 Å². The third-order valence-electron chi connectivity index (χ3n) is 1.13. The van der Waals surface area contributed by atoms with E-state index in [1.807, 2.05) is 0 Å². The van der Waals surface area contributed by atoms with Crippen molar-refractivity contribution in [3.05, 3.63) is 30.3 Å². The zero-order valence-corrected chi connectivity index (χ0v) is 9.20. The predicted octanol–water partition coefficient (Wildman–Crippen LogP) is 0.709. The fraction of sp³-hybridized carbons (Fsp3) is 0. The van der Waals surface area contributed by atoms with Gasteiger partial charge < -0.3 is 2.85 Å². The minimum absolute atomic E-state index is 0. The molecule has 0 atom stereocenters. The van der Waals surface area contributed by atoms with Crippen LogP contribution in [0.3, 0.4) is 0 Å². The molecule has 0 unspecified atom stereocenters. The van der Waals surface area contributed by atoms with Crippen LogP contribution >= 0.6 is 0 Å². The Labute approximate surface area is 103 Å². The molecule has 0 aliphatic rings. The van der Waals surface area contributed by atoms with E-state index < -0.39 is 10.1 Å². The Balaban J connectivity index is -0.000000403. The Morgan fingerprint density at radius 3 is 2.17 bits per heavy atom. The van der Waals surface area contributed by atoms with Gasteiger partial charge in [-0.25, -0.2) is 5.26 Å². The van der Waals surface area contributed by atoms with E-state index in [0.29, 0.717) is 0 Å². The van der Waals surface area contributed by atoms with Crippen molar-refractivity contribution in [1.82, 2.24) is 0 Å². The monoisotopic (exact) mass is 216 g/mol. The molecule has 0 radical (unpaired) electrons. The van der Waals surface area contributed by atoms with Gasteiger partial charge in [-0.1, -0.05) is 18.2 Å². The minimum atomic E-state index is -3.94. The van der Waals surface area contributed by atoms with Crippen LogP contribution < -0.4 is 0 Å². The Morgan fingerprint density at radius 2 is 1.75 bits per heavy atom.